The van der Waals surface area contributed by atoms with Gasteiger partial charge < -0.3 is 29.6 Å². The van der Waals surface area contributed by atoms with Crippen LogP contribution in [0.3, 0.4) is 0 Å². The fraction of sp³-hybridized carbons (Fsp3) is 0.433. The molecule has 0 spiro atoms. The lowest BCUT2D eigenvalue weighted by Gasteiger charge is -2.31. The maximum absolute atomic E-state index is 11.6. The van der Waals surface area contributed by atoms with Gasteiger partial charge in [0.25, 0.3) is 0 Å². The summed E-state index contributed by atoms with van der Waals surface area (Å²) >= 11 is 0. The van der Waals surface area contributed by atoms with Crippen LogP contribution in [0.4, 0.5) is 17.7 Å². The van der Waals surface area contributed by atoms with Crippen LogP contribution in [0.15, 0.2) is 30.6 Å². The number of nitrogens with one attached hydrogen (secondary N) is 1. The quantitative estimate of drug-likeness (QED) is 0.130. The molecule has 1 saturated carbocycles. The molecule has 2 aliphatic rings. The van der Waals surface area contributed by atoms with Crippen molar-refractivity contribution in [3.05, 3.63) is 52.9 Å². The van der Waals surface area contributed by atoms with Crippen molar-refractivity contribution in [3.8, 4) is 17.7 Å². The minimum absolute atomic E-state index is 0.0353. The fourth-order valence-electron chi connectivity index (χ4n) is 5.50. The van der Waals surface area contributed by atoms with Crippen molar-refractivity contribution >= 4 is 35.3 Å². The molecule has 0 amide bonds. The Balaban J connectivity index is 1.19. The highest BCUT2D eigenvalue weighted by atomic mass is 16.5. The third-order valence-electron chi connectivity index (χ3n) is 7.86. The van der Waals surface area contributed by atoms with E-state index in [9.17, 15) is 10.5 Å². The Morgan fingerprint density at radius 2 is 1.91 bits per heavy atom. The lowest BCUT2D eigenvalue weighted by molar-refractivity contribution is -0.362. The van der Waals surface area contributed by atoms with E-state index in [0.29, 0.717) is 46.9 Å². The number of hydrogen-bond donors (Lipinski definition) is 1. The zero-order valence-electron chi connectivity index (χ0n) is 24.8. The van der Waals surface area contributed by atoms with Gasteiger partial charge >= 0.3 is 5.95 Å². The summed E-state index contributed by atoms with van der Waals surface area (Å²) < 4.78 is 20.3. The Labute approximate surface area is 254 Å². The first-order valence-corrected chi connectivity index (χ1v) is 14.6. The molecule has 1 saturated heterocycles. The van der Waals surface area contributed by atoms with Crippen LogP contribution in [-0.4, -0.2) is 79.4 Å². The number of nitriles is 1. The number of anilines is 2. The number of hydrogen-bond acceptors (Lipinski definition) is 12. The SMILES string of the molecule is C=[N+]([O-])c1ncc(COc2cnc3cc(N4CCOCC4)nc(O[C@H]4CC[C@@H](Nc5nc(C)cc(C#N)n5)CC4)c3c2)n1C. The molecule has 1 aliphatic heterocycles. The molecule has 0 atom stereocenters. The zero-order valence-corrected chi connectivity index (χ0v) is 24.8. The molecule has 4 aromatic rings. The molecular weight excluding hydrogens is 564 g/mol. The molecule has 1 aliphatic carbocycles. The summed E-state index contributed by atoms with van der Waals surface area (Å²) in [5.41, 5.74) is 2.58. The van der Waals surface area contributed by atoms with Gasteiger partial charge in [-0.3, -0.25) is 9.72 Å². The number of nitrogens with zero attached hydrogens (tertiary/aromatic N) is 9. The Hall–Kier alpha value is -5.03. The molecular formula is C30H34N10O4. The number of fused-ring (bicyclic) bond motifs is 1. The van der Waals surface area contributed by atoms with Crippen molar-refractivity contribution in [2.75, 3.05) is 36.5 Å². The van der Waals surface area contributed by atoms with Crippen molar-refractivity contribution in [2.24, 2.45) is 7.05 Å². The fourth-order valence-corrected chi connectivity index (χ4v) is 5.50. The van der Waals surface area contributed by atoms with Crippen molar-refractivity contribution in [1.29, 1.82) is 5.26 Å². The minimum atomic E-state index is -0.0353. The molecule has 0 unspecified atom stereocenters. The van der Waals surface area contributed by atoms with E-state index in [1.807, 2.05) is 19.1 Å². The average molecular weight is 599 g/mol. The molecule has 6 rings (SSSR count). The van der Waals surface area contributed by atoms with Gasteiger partial charge in [0, 0.05) is 37.6 Å². The van der Waals surface area contributed by atoms with E-state index in [1.54, 1.807) is 30.1 Å². The molecule has 0 aromatic carbocycles. The first kappa shape index (κ1) is 29.1. The van der Waals surface area contributed by atoms with E-state index in [-0.39, 0.29) is 24.7 Å². The Morgan fingerprint density at radius 3 is 2.64 bits per heavy atom. The van der Waals surface area contributed by atoms with Crippen molar-refractivity contribution in [3.63, 3.8) is 0 Å². The Morgan fingerprint density at radius 1 is 1.11 bits per heavy atom. The van der Waals surface area contributed by atoms with Crippen LogP contribution in [-0.2, 0) is 18.4 Å². The second kappa shape index (κ2) is 12.7. The molecule has 14 nitrogen and oxygen atoms in total. The van der Waals surface area contributed by atoms with Gasteiger partial charge in [0.2, 0.25) is 11.8 Å². The molecule has 0 bridgehead atoms. The summed E-state index contributed by atoms with van der Waals surface area (Å²) in [4.78, 5) is 24.7. The normalized spacial score (nSPS) is 18.5. The summed E-state index contributed by atoms with van der Waals surface area (Å²) in [6.07, 6.45) is 6.58. The van der Waals surface area contributed by atoms with E-state index in [2.05, 4.69) is 38.0 Å². The summed E-state index contributed by atoms with van der Waals surface area (Å²) in [7, 11) is 1.74. The van der Waals surface area contributed by atoms with E-state index in [0.717, 1.165) is 61.2 Å². The molecule has 2 fully saturated rings. The van der Waals surface area contributed by atoms with Gasteiger partial charge in [-0.2, -0.15) is 10.2 Å². The van der Waals surface area contributed by atoms with Crippen LogP contribution in [0, 0.1) is 23.5 Å². The van der Waals surface area contributed by atoms with E-state index >= 15 is 0 Å². The second-order valence-electron chi connectivity index (χ2n) is 11.0. The molecule has 228 valence electrons. The number of ether oxygens (including phenoxy) is 3. The van der Waals surface area contributed by atoms with E-state index in [1.165, 1.54) is 0 Å². The van der Waals surface area contributed by atoms with Crippen LogP contribution in [0.5, 0.6) is 11.6 Å². The van der Waals surface area contributed by atoms with Gasteiger partial charge in [-0.1, -0.05) is 4.98 Å². The van der Waals surface area contributed by atoms with E-state index < -0.39 is 0 Å². The lowest BCUT2D eigenvalue weighted by Crippen LogP contribution is -2.37. The van der Waals surface area contributed by atoms with Crippen LogP contribution >= 0.6 is 0 Å². The molecule has 1 N–H and O–H groups in total. The summed E-state index contributed by atoms with van der Waals surface area (Å²) in [6, 6.07) is 7.80. The van der Waals surface area contributed by atoms with Crippen molar-refractivity contribution in [1.82, 2.24) is 29.5 Å². The highest BCUT2D eigenvalue weighted by Crippen LogP contribution is 2.33. The van der Waals surface area contributed by atoms with Crippen LogP contribution < -0.4 is 19.7 Å². The third-order valence-corrected chi connectivity index (χ3v) is 7.86. The Kier molecular flexibility index (Phi) is 8.38. The maximum atomic E-state index is 11.6. The summed E-state index contributed by atoms with van der Waals surface area (Å²) in [5.74, 6) is 2.53. The largest absolute Gasteiger partial charge is 0.741 e. The minimum Gasteiger partial charge on any atom is -0.741 e. The summed E-state index contributed by atoms with van der Waals surface area (Å²) in [5, 5.41) is 25.0. The molecule has 0 radical (unpaired) electrons. The predicted octanol–water partition coefficient (Wildman–Crippen LogP) is 3.39. The second-order valence-corrected chi connectivity index (χ2v) is 11.0. The van der Waals surface area contributed by atoms with E-state index in [4.69, 9.17) is 24.2 Å². The first-order valence-electron chi connectivity index (χ1n) is 14.6. The summed E-state index contributed by atoms with van der Waals surface area (Å²) in [6.45, 7) is 8.17. The highest BCUT2D eigenvalue weighted by Gasteiger charge is 2.26. The number of aryl methyl sites for hydroxylation is 1. The first-order chi connectivity index (χ1) is 21.4. The van der Waals surface area contributed by atoms with Crippen molar-refractivity contribution in [2.45, 2.75) is 51.4 Å². The molecule has 14 heteroatoms. The molecule has 5 heterocycles. The van der Waals surface area contributed by atoms with Gasteiger partial charge in [0.1, 0.15) is 42.2 Å². The van der Waals surface area contributed by atoms with Gasteiger partial charge in [0.15, 0.2) is 5.69 Å². The van der Waals surface area contributed by atoms with Gasteiger partial charge in [-0.15, -0.1) is 0 Å². The van der Waals surface area contributed by atoms with Crippen molar-refractivity contribution < 1.29 is 18.9 Å². The van der Waals surface area contributed by atoms with Crippen LogP contribution in [0.2, 0.25) is 0 Å². The third kappa shape index (κ3) is 6.47. The monoisotopic (exact) mass is 598 g/mol. The van der Waals surface area contributed by atoms with Crippen LogP contribution in [0.25, 0.3) is 10.9 Å². The number of rotatable bonds is 9. The number of morpholine rings is 1. The van der Waals surface area contributed by atoms with Gasteiger partial charge in [-0.25, -0.2) is 14.5 Å². The van der Waals surface area contributed by atoms with Gasteiger partial charge in [0.05, 0.1) is 37.4 Å². The van der Waals surface area contributed by atoms with Gasteiger partial charge in [-0.05, 0) is 44.7 Å². The molecule has 44 heavy (non-hydrogen) atoms. The lowest BCUT2D eigenvalue weighted by atomic mass is 9.93. The number of imidazole rings is 1. The standard InChI is InChI=1S/C30H34N10O4/c1-19-12-21(15-31)36-29(34-19)35-20-4-6-23(7-5-20)44-28-25-13-24(43-18-22-16-33-30(38(22)2)39(3)41)17-32-26(25)14-27(37-28)40-8-10-42-11-9-40/h12-14,16-17,20,23H,3-11,18H2,1-2H3,(H,34,35,36)/t20-,23+. The smallest absolute Gasteiger partial charge is 0.398 e. The predicted molar refractivity (Wildman–Crippen MR) is 162 cm³/mol. The maximum Gasteiger partial charge on any atom is 0.398 e. The highest BCUT2D eigenvalue weighted by molar-refractivity contribution is 5.87. The van der Waals surface area contributed by atoms with Crippen LogP contribution in [0.1, 0.15) is 42.8 Å². The number of pyridine rings is 2. The number of aromatic nitrogens is 6. The Bertz CT molecular complexity index is 1700. The topological polar surface area (TPSA) is 162 Å². The molecule has 4 aromatic heterocycles. The zero-order chi connectivity index (χ0) is 30.6. The average Bonchev–Trinajstić information content (AvgIpc) is 3.41.